The Morgan fingerprint density at radius 2 is 1.83 bits per heavy atom. The van der Waals surface area contributed by atoms with Crippen LogP contribution in [0, 0.1) is 35.0 Å². The highest BCUT2D eigenvalue weighted by Gasteiger charge is 2.86. The molecule has 76 heavy (non-hydrogen) atoms. The van der Waals surface area contributed by atoms with Crippen molar-refractivity contribution in [2.24, 2.45) is 40.7 Å². The van der Waals surface area contributed by atoms with Crippen molar-refractivity contribution in [1.82, 2.24) is 26.6 Å². The van der Waals surface area contributed by atoms with E-state index in [9.17, 15) is 10.2 Å². The van der Waals surface area contributed by atoms with Crippen molar-refractivity contribution in [3.8, 4) is 0 Å². The fourth-order valence-corrected chi connectivity index (χ4v) is 15.9. The molecule has 11 atom stereocenters. The molecule has 11 rings (SSSR count). The number of epoxide rings is 1. The minimum atomic E-state index is -2.26. The number of rotatable bonds is 14. The standard InChI is InChI=1S/C63H86N6O7/c1-39(18-20-43-25-29-66-58-48(43)21-23-53(65-3)69-58)47(38-71)35-62-56(72)49-17-10-16-46-33-60(2,32-41-19-22-52(64)67-36-41)27-8-7-13-42-14-9-15-45-34-61(68-37-40-11-5-4-6-12-40)28-24-44(26-30-70)55(51(61)31-50(42)45)75-59(74)63(62,76-62)57(73)54(46)49/h9-10,15-17,19,22,25,34,36,40,42,44,50-53,55,65-71H,4-8,11-14,18,20-21,23-24,26-33,35,37-38,64H2,1-3H3/b47-39-/t42-,44+,50-,51+,52?,53+,55+,60-,61+,62+,63+/m1/s1. The molecule has 0 aromatic heterocycles. The summed E-state index contributed by atoms with van der Waals surface area (Å²) in [5.41, 5.74) is 8.99. The van der Waals surface area contributed by atoms with Crippen LogP contribution in [0.4, 0.5) is 0 Å². The van der Waals surface area contributed by atoms with Gasteiger partial charge in [-0.15, -0.1) is 0 Å². The first-order valence-corrected chi connectivity index (χ1v) is 29.5. The van der Waals surface area contributed by atoms with E-state index >= 15 is 14.4 Å². The average molecular weight is 1040 g/mol. The van der Waals surface area contributed by atoms with Gasteiger partial charge < -0.3 is 52.0 Å². The van der Waals surface area contributed by atoms with Crippen LogP contribution in [-0.2, 0) is 20.7 Å². The van der Waals surface area contributed by atoms with Crippen molar-refractivity contribution in [3.63, 3.8) is 0 Å². The minimum Gasteiger partial charge on any atom is -0.459 e. The monoisotopic (exact) mass is 1040 g/mol. The quantitative estimate of drug-likeness (QED) is 0.0384. The van der Waals surface area contributed by atoms with Gasteiger partial charge in [-0.2, -0.15) is 0 Å². The summed E-state index contributed by atoms with van der Waals surface area (Å²) in [6.45, 7) is 5.47. The number of Topliss-reactive ketones (excluding diaryl/α,β-unsaturated/α-hetero) is 2. The molecular formula is C63H86N6O7. The Hall–Kier alpha value is -4.63. The minimum absolute atomic E-state index is 0.0548. The molecule has 13 heteroatoms. The number of esters is 1. The molecule has 1 aromatic rings. The van der Waals surface area contributed by atoms with Crippen LogP contribution in [0.2, 0.25) is 0 Å². The number of aliphatic hydroxyl groups is 2. The maximum Gasteiger partial charge on any atom is 0.350 e. The van der Waals surface area contributed by atoms with E-state index in [1.165, 1.54) is 48.8 Å². The summed E-state index contributed by atoms with van der Waals surface area (Å²) < 4.78 is 13.9. The van der Waals surface area contributed by atoms with Crippen LogP contribution in [-0.4, -0.2) is 96.3 Å². The molecule has 10 aliphatic rings. The Bertz CT molecular complexity index is 2660. The lowest BCUT2D eigenvalue weighted by Crippen LogP contribution is -2.63. The number of carbonyl (C=O) groups is 3. The van der Waals surface area contributed by atoms with Gasteiger partial charge in [-0.1, -0.05) is 93.2 Å². The highest BCUT2D eigenvalue weighted by Crippen LogP contribution is 2.61. The van der Waals surface area contributed by atoms with Gasteiger partial charge in [0, 0.05) is 48.4 Å². The second-order valence-electron chi connectivity index (χ2n) is 25.1. The number of benzene rings is 1. The van der Waals surface area contributed by atoms with E-state index in [2.05, 4.69) is 63.9 Å². The molecule has 1 spiro atoms. The zero-order valence-electron chi connectivity index (χ0n) is 45.6. The van der Waals surface area contributed by atoms with Gasteiger partial charge in [-0.25, -0.2) is 4.79 Å². The van der Waals surface area contributed by atoms with Crippen LogP contribution >= 0.6 is 0 Å². The molecule has 3 fully saturated rings. The first-order chi connectivity index (χ1) is 36.8. The molecule has 5 aliphatic carbocycles. The number of dihydropyridines is 2. The first kappa shape index (κ1) is 53.4. The predicted octanol–water partition coefficient (Wildman–Crippen LogP) is 8.32. The summed E-state index contributed by atoms with van der Waals surface area (Å²) in [4.78, 5) is 48.0. The van der Waals surface area contributed by atoms with Crippen molar-refractivity contribution in [2.75, 3.05) is 33.4 Å². The Morgan fingerprint density at radius 1 is 0.987 bits per heavy atom. The van der Waals surface area contributed by atoms with E-state index in [1.807, 2.05) is 38.4 Å². The van der Waals surface area contributed by atoms with Crippen molar-refractivity contribution >= 4 is 17.5 Å². The summed E-state index contributed by atoms with van der Waals surface area (Å²) in [6.07, 6.45) is 33.2. The van der Waals surface area contributed by atoms with Gasteiger partial charge >= 0.3 is 5.97 Å². The normalized spacial score (nSPS) is 36.4. The van der Waals surface area contributed by atoms with E-state index in [1.54, 1.807) is 6.07 Å². The van der Waals surface area contributed by atoms with Gasteiger partial charge in [0.2, 0.25) is 5.78 Å². The fraction of sp³-hybridized carbons (Fsp3) is 0.635. The Balaban J connectivity index is 0.995. The summed E-state index contributed by atoms with van der Waals surface area (Å²) in [7, 11) is 1.96. The summed E-state index contributed by atoms with van der Waals surface area (Å²) in [6, 6.07) is 5.55. The van der Waals surface area contributed by atoms with Gasteiger partial charge in [0.15, 0.2) is 11.4 Å². The molecule has 5 heterocycles. The maximum atomic E-state index is 16.1. The molecule has 13 nitrogen and oxygen atoms in total. The number of ether oxygens (including phenoxy) is 2. The van der Waals surface area contributed by atoms with Crippen LogP contribution in [0.3, 0.4) is 0 Å². The van der Waals surface area contributed by atoms with Gasteiger partial charge in [-0.05, 0) is 185 Å². The van der Waals surface area contributed by atoms with Gasteiger partial charge in [0.05, 0.1) is 18.9 Å². The molecule has 1 aromatic carbocycles. The molecule has 1 saturated heterocycles. The SMILES string of the molecule is CN[C@@H]1CCC2=C(NCC=C2CC/C(C)=C(\CO)C[C@@]23O[C@@]24C(=O)O[C@H]2[C@H](CCO)CC[C@]5(NCC6CCCCC6)C=C6C=CC[C@@H](CCCC[C@](C)(CC7=CNC(N)C=C7)Cc7cccc(c7C4=O)C3=O)[C@H]6C[C@@H]25)N1. The summed E-state index contributed by atoms with van der Waals surface area (Å²) >= 11 is 0. The van der Waals surface area contributed by atoms with Crippen LogP contribution in [0.5, 0.6) is 0 Å². The van der Waals surface area contributed by atoms with Crippen LogP contribution < -0.4 is 32.3 Å². The molecule has 5 aliphatic heterocycles. The zero-order valence-corrected chi connectivity index (χ0v) is 45.6. The third-order valence-corrected chi connectivity index (χ3v) is 20.3. The third-order valence-electron chi connectivity index (χ3n) is 20.3. The lowest BCUT2D eigenvalue weighted by molar-refractivity contribution is -0.167. The second-order valence-corrected chi connectivity index (χ2v) is 25.1. The number of ketones is 2. The molecule has 4 bridgehead atoms. The van der Waals surface area contributed by atoms with Crippen molar-refractivity contribution in [3.05, 3.63) is 117 Å². The largest absolute Gasteiger partial charge is 0.459 e. The van der Waals surface area contributed by atoms with Crippen molar-refractivity contribution in [2.45, 2.75) is 184 Å². The van der Waals surface area contributed by atoms with Gasteiger partial charge in [0.1, 0.15) is 11.9 Å². The Morgan fingerprint density at radius 3 is 2.62 bits per heavy atom. The second kappa shape index (κ2) is 21.9. The smallest absolute Gasteiger partial charge is 0.350 e. The topological polar surface area (TPSA) is 200 Å². The average Bonchev–Trinajstić information content (AvgIpc) is 4.17. The van der Waals surface area contributed by atoms with Gasteiger partial charge in [-0.3, -0.25) is 9.59 Å². The first-order valence-electron chi connectivity index (χ1n) is 29.5. The maximum absolute atomic E-state index is 16.1. The molecule has 1 unspecified atom stereocenters. The number of nitrogens with two attached hydrogens (primary N) is 1. The molecular weight excluding hydrogens is 953 g/mol. The van der Waals surface area contributed by atoms with Crippen molar-refractivity contribution < 1.29 is 34.1 Å². The highest BCUT2D eigenvalue weighted by atomic mass is 16.7. The lowest BCUT2D eigenvalue weighted by Gasteiger charge is -2.55. The lowest BCUT2D eigenvalue weighted by atomic mass is 9.56. The number of hydrogen-bond donors (Lipinski definition) is 8. The number of carbonyl (C=O) groups excluding carboxylic acids is 3. The molecule has 410 valence electrons. The Kier molecular flexibility index (Phi) is 15.4. The predicted molar refractivity (Wildman–Crippen MR) is 295 cm³/mol. The van der Waals surface area contributed by atoms with Crippen molar-refractivity contribution in [1.29, 1.82) is 0 Å². The number of allylic oxidation sites excluding steroid dienone is 8. The number of aliphatic hydroxyl groups excluding tert-OH is 2. The van der Waals surface area contributed by atoms with E-state index in [0.717, 1.165) is 106 Å². The zero-order chi connectivity index (χ0) is 52.8. The number of hydrogen-bond acceptors (Lipinski definition) is 13. The van der Waals surface area contributed by atoms with Crippen LogP contribution in [0.1, 0.15) is 169 Å². The van der Waals surface area contributed by atoms with E-state index in [4.69, 9.17) is 15.2 Å². The van der Waals surface area contributed by atoms with E-state index < -0.39 is 40.4 Å². The highest BCUT2D eigenvalue weighted by molar-refractivity contribution is 6.33. The molecule has 9 N–H and O–H groups in total. The van der Waals surface area contributed by atoms with Crippen LogP contribution in [0.25, 0.3) is 0 Å². The van der Waals surface area contributed by atoms with Crippen LogP contribution in [0.15, 0.2) is 100 Å². The Labute approximate surface area is 451 Å². The van der Waals surface area contributed by atoms with E-state index in [0.29, 0.717) is 43.2 Å². The third kappa shape index (κ3) is 9.86. The molecule has 0 amide bonds. The summed E-state index contributed by atoms with van der Waals surface area (Å²) in [5.74, 6) is 0.266. The molecule has 2 saturated carbocycles. The van der Waals surface area contributed by atoms with Gasteiger partial charge in [0.25, 0.3) is 5.60 Å². The number of nitrogens with one attached hydrogen (secondary N) is 5. The summed E-state index contributed by atoms with van der Waals surface area (Å²) in [5, 5.41) is 39.9. The fourth-order valence-electron chi connectivity index (χ4n) is 15.9. The molecule has 0 radical (unpaired) electrons. The van der Waals surface area contributed by atoms with E-state index in [-0.39, 0.29) is 66.3 Å².